The third-order valence-electron chi connectivity index (χ3n) is 6.83. The van der Waals surface area contributed by atoms with E-state index in [1.54, 1.807) is 0 Å². The Balaban J connectivity index is 3.95. The maximum absolute atomic E-state index is 12.5. The molecule has 0 aromatic carbocycles. The Morgan fingerprint density at radius 3 is 1.25 bits per heavy atom. The fourth-order valence-corrected chi connectivity index (χ4v) is 4.39. The molecule has 0 aliphatic carbocycles. The zero-order chi connectivity index (χ0) is 26.5. The summed E-state index contributed by atoms with van der Waals surface area (Å²) >= 11 is 0. The standard InChI is InChI=1S/C32H60O4/c1-4-7-10-12-14-16-18-20-22-24-27-35-31(33)29-30(26-9-6-3)32(34)36-28-25-23-21-19-17-15-13-11-8-5-2/h29H,4-28H2,1-3H3. The maximum atomic E-state index is 12.5. The molecule has 0 saturated carbocycles. The number of esters is 2. The van der Waals surface area contributed by atoms with Gasteiger partial charge in [-0.1, -0.05) is 143 Å². The van der Waals surface area contributed by atoms with Crippen LogP contribution in [0, 0.1) is 0 Å². The normalized spacial score (nSPS) is 11.6. The molecule has 0 amide bonds. The van der Waals surface area contributed by atoms with Gasteiger partial charge in [0.2, 0.25) is 0 Å². The second-order valence-corrected chi connectivity index (χ2v) is 10.4. The molecule has 0 aromatic rings. The molecule has 0 unspecified atom stereocenters. The van der Waals surface area contributed by atoms with Crippen LogP contribution in [0.3, 0.4) is 0 Å². The smallest absolute Gasteiger partial charge is 0.334 e. The summed E-state index contributed by atoms with van der Waals surface area (Å²) in [4.78, 5) is 24.7. The minimum Gasteiger partial charge on any atom is -0.463 e. The highest BCUT2D eigenvalue weighted by molar-refractivity contribution is 5.96. The molecule has 0 aliphatic heterocycles. The molecule has 212 valence electrons. The van der Waals surface area contributed by atoms with E-state index in [0.717, 1.165) is 38.5 Å². The van der Waals surface area contributed by atoms with Crippen molar-refractivity contribution in [2.75, 3.05) is 13.2 Å². The van der Waals surface area contributed by atoms with Crippen molar-refractivity contribution < 1.29 is 19.1 Å². The molecule has 0 saturated heterocycles. The molecule has 0 heterocycles. The number of carbonyl (C=O) groups is 2. The van der Waals surface area contributed by atoms with Crippen LogP contribution in [0.15, 0.2) is 11.6 Å². The van der Waals surface area contributed by atoms with Crippen LogP contribution < -0.4 is 0 Å². The Morgan fingerprint density at radius 1 is 0.472 bits per heavy atom. The largest absolute Gasteiger partial charge is 0.463 e. The lowest BCUT2D eigenvalue weighted by Gasteiger charge is -2.09. The van der Waals surface area contributed by atoms with Gasteiger partial charge in [-0.15, -0.1) is 0 Å². The van der Waals surface area contributed by atoms with Gasteiger partial charge < -0.3 is 9.47 Å². The molecule has 4 nitrogen and oxygen atoms in total. The quantitative estimate of drug-likeness (QED) is 0.0629. The molecule has 4 heteroatoms. The molecule has 0 atom stereocenters. The lowest BCUT2D eigenvalue weighted by atomic mass is 10.1. The number of hydrogen-bond donors (Lipinski definition) is 0. The van der Waals surface area contributed by atoms with Crippen LogP contribution in [-0.2, 0) is 19.1 Å². The first-order valence-electron chi connectivity index (χ1n) is 15.7. The minimum atomic E-state index is -0.409. The molecule has 0 rings (SSSR count). The predicted octanol–water partition coefficient (Wildman–Crippen LogP) is 10.0. The first-order valence-corrected chi connectivity index (χ1v) is 15.7. The van der Waals surface area contributed by atoms with E-state index < -0.39 is 5.97 Å². The predicted molar refractivity (Wildman–Crippen MR) is 153 cm³/mol. The third kappa shape index (κ3) is 24.4. The zero-order valence-electron chi connectivity index (χ0n) is 24.4. The number of ether oxygens (including phenoxy) is 2. The van der Waals surface area contributed by atoms with Crippen LogP contribution in [-0.4, -0.2) is 25.2 Å². The van der Waals surface area contributed by atoms with Crippen LogP contribution in [0.1, 0.15) is 168 Å². The van der Waals surface area contributed by atoms with Crippen LogP contribution in [0.5, 0.6) is 0 Å². The maximum Gasteiger partial charge on any atom is 0.334 e. The van der Waals surface area contributed by atoms with E-state index in [-0.39, 0.29) is 5.97 Å². The fraction of sp³-hybridized carbons (Fsp3) is 0.875. The van der Waals surface area contributed by atoms with Crippen molar-refractivity contribution in [3.8, 4) is 0 Å². The monoisotopic (exact) mass is 508 g/mol. The summed E-state index contributed by atoms with van der Waals surface area (Å²) in [6, 6.07) is 0. The SMILES string of the molecule is CCCCCCCCCCCCOC(=O)C=C(CCCC)C(=O)OCCCCCCCCCCCC. The molecule has 0 radical (unpaired) electrons. The van der Waals surface area contributed by atoms with E-state index in [1.165, 1.54) is 109 Å². The average Bonchev–Trinajstić information content (AvgIpc) is 2.88. The molecule has 0 N–H and O–H groups in total. The van der Waals surface area contributed by atoms with E-state index in [4.69, 9.17) is 9.47 Å². The first-order chi connectivity index (χ1) is 17.7. The van der Waals surface area contributed by atoms with Gasteiger partial charge in [0.1, 0.15) is 0 Å². The van der Waals surface area contributed by atoms with Gasteiger partial charge in [-0.05, 0) is 25.7 Å². The Kier molecular flexibility index (Phi) is 27.2. The number of hydrogen-bond acceptors (Lipinski definition) is 4. The van der Waals surface area contributed by atoms with Gasteiger partial charge in [0.05, 0.1) is 13.2 Å². The average molecular weight is 509 g/mol. The summed E-state index contributed by atoms with van der Waals surface area (Å²) in [6.07, 6.45) is 28.8. The van der Waals surface area contributed by atoms with Gasteiger partial charge in [0, 0.05) is 11.6 Å². The zero-order valence-corrected chi connectivity index (χ0v) is 24.4. The second kappa shape index (κ2) is 28.3. The number of carbonyl (C=O) groups excluding carboxylic acids is 2. The molecule has 0 fully saturated rings. The van der Waals surface area contributed by atoms with Gasteiger partial charge in [-0.2, -0.15) is 0 Å². The van der Waals surface area contributed by atoms with Gasteiger partial charge in [-0.25, -0.2) is 9.59 Å². The molecule has 0 aromatic heterocycles. The number of rotatable bonds is 27. The van der Waals surface area contributed by atoms with Crippen molar-refractivity contribution >= 4 is 11.9 Å². The molecule has 36 heavy (non-hydrogen) atoms. The second-order valence-electron chi connectivity index (χ2n) is 10.4. The molecule has 0 spiro atoms. The summed E-state index contributed by atoms with van der Waals surface area (Å²) in [5.74, 6) is -0.761. The summed E-state index contributed by atoms with van der Waals surface area (Å²) in [5, 5.41) is 0. The van der Waals surface area contributed by atoms with Crippen LogP contribution in [0.25, 0.3) is 0 Å². The van der Waals surface area contributed by atoms with Crippen molar-refractivity contribution in [1.82, 2.24) is 0 Å². The topological polar surface area (TPSA) is 52.6 Å². The fourth-order valence-electron chi connectivity index (χ4n) is 4.39. The van der Waals surface area contributed by atoms with E-state index >= 15 is 0 Å². The number of unbranched alkanes of at least 4 members (excludes halogenated alkanes) is 19. The van der Waals surface area contributed by atoms with Crippen molar-refractivity contribution in [3.05, 3.63) is 11.6 Å². The summed E-state index contributed by atoms with van der Waals surface area (Å²) in [5.41, 5.74) is 0.456. The van der Waals surface area contributed by atoms with Crippen LogP contribution >= 0.6 is 0 Å². The van der Waals surface area contributed by atoms with E-state index in [1.807, 2.05) is 0 Å². The van der Waals surface area contributed by atoms with Gasteiger partial charge in [-0.3, -0.25) is 0 Å². The lowest BCUT2D eigenvalue weighted by molar-refractivity contribution is -0.141. The van der Waals surface area contributed by atoms with Crippen LogP contribution in [0.4, 0.5) is 0 Å². The van der Waals surface area contributed by atoms with Crippen molar-refractivity contribution in [2.24, 2.45) is 0 Å². The van der Waals surface area contributed by atoms with Gasteiger partial charge in [0.15, 0.2) is 0 Å². The van der Waals surface area contributed by atoms with Crippen molar-refractivity contribution in [2.45, 2.75) is 168 Å². The molecular weight excluding hydrogens is 448 g/mol. The van der Waals surface area contributed by atoms with Gasteiger partial charge in [0.25, 0.3) is 0 Å². The Morgan fingerprint density at radius 2 is 0.833 bits per heavy atom. The van der Waals surface area contributed by atoms with E-state index in [0.29, 0.717) is 25.2 Å². The lowest BCUT2D eigenvalue weighted by Crippen LogP contribution is -2.12. The van der Waals surface area contributed by atoms with E-state index in [2.05, 4.69) is 20.8 Å². The highest BCUT2D eigenvalue weighted by atomic mass is 16.5. The van der Waals surface area contributed by atoms with Gasteiger partial charge >= 0.3 is 11.9 Å². The highest BCUT2D eigenvalue weighted by Crippen LogP contribution is 2.14. The summed E-state index contributed by atoms with van der Waals surface area (Å²) in [7, 11) is 0. The summed E-state index contributed by atoms with van der Waals surface area (Å²) < 4.78 is 10.8. The molecule has 0 bridgehead atoms. The van der Waals surface area contributed by atoms with Crippen molar-refractivity contribution in [3.63, 3.8) is 0 Å². The Labute approximate surface area is 224 Å². The van der Waals surface area contributed by atoms with Crippen LogP contribution in [0.2, 0.25) is 0 Å². The third-order valence-corrected chi connectivity index (χ3v) is 6.83. The summed E-state index contributed by atoms with van der Waals surface area (Å²) in [6.45, 7) is 7.45. The Bertz CT molecular complexity index is 526. The van der Waals surface area contributed by atoms with Crippen molar-refractivity contribution in [1.29, 1.82) is 0 Å². The highest BCUT2D eigenvalue weighted by Gasteiger charge is 2.13. The minimum absolute atomic E-state index is 0.352. The van der Waals surface area contributed by atoms with E-state index in [9.17, 15) is 9.59 Å². The molecular formula is C32H60O4. The first kappa shape index (κ1) is 34.7. The molecule has 0 aliphatic rings. The Hall–Kier alpha value is -1.32.